The summed E-state index contributed by atoms with van der Waals surface area (Å²) in [5.41, 5.74) is 6.41. The van der Waals surface area contributed by atoms with Crippen LogP contribution in [0.25, 0.3) is 17.0 Å². The lowest BCUT2D eigenvalue weighted by Gasteiger charge is -2.08. The number of alkyl halides is 3. The third-order valence-electron chi connectivity index (χ3n) is 2.98. The summed E-state index contributed by atoms with van der Waals surface area (Å²) in [5, 5.41) is 7.80. The molecule has 0 spiro atoms. The predicted molar refractivity (Wildman–Crippen MR) is 75.5 cm³/mol. The Labute approximate surface area is 125 Å². The number of benzene rings is 1. The fourth-order valence-corrected chi connectivity index (χ4v) is 2.18. The van der Waals surface area contributed by atoms with Gasteiger partial charge in [-0.3, -0.25) is 4.40 Å². The van der Waals surface area contributed by atoms with Crippen molar-refractivity contribution >= 4 is 27.3 Å². The Bertz CT molecular complexity index is 826. The highest BCUT2D eigenvalue weighted by Gasteiger charge is 2.31. The summed E-state index contributed by atoms with van der Waals surface area (Å²) >= 11 is 3.26. The summed E-state index contributed by atoms with van der Waals surface area (Å²) in [5.74, 6) is 0.301. The van der Waals surface area contributed by atoms with Crippen LogP contribution in [0.1, 0.15) is 5.56 Å². The molecule has 8 heteroatoms. The highest BCUT2D eigenvalue weighted by Crippen LogP contribution is 2.31. The first kappa shape index (κ1) is 13.9. The number of hydrogen-bond acceptors (Lipinski definition) is 3. The average molecular weight is 357 g/mol. The molecule has 0 bridgehead atoms. The van der Waals surface area contributed by atoms with E-state index in [1.54, 1.807) is 18.2 Å². The molecular formula is C13H8BrF3N4. The molecule has 0 aliphatic carbocycles. The number of aromatic nitrogens is 3. The van der Waals surface area contributed by atoms with Gasteiger partial charge in [0.15, 0.2) is 11.5 Å². The van der Waals surface area contributed by atoms with Crippen LogP contribution in [-0.2, 0) is 6.18 Å². The van der Waals surface area contributed by atoms with Crippen LogP contribution in [0.2, 0.25) is 0 Å². The van der Waals surface area contributed by atoms with E-state index in [0.717, 1.165) is 12.3 Å². The topological polar surface area (TPSA) is 56.2 Å². The molecule has 0 amide bonds. The molecule has 3 rings (SSSR count). The van der Waals surface area contributed by atoms with E-state index in [4.69, 9.17) is 5.73 Å². The van der Waals surface area contributed by atoms with E-state index in [9.17, 15) is 13.2 Å². The first-order valence-corrected chi connectivity index (χ1v) is 6.63. The van der Waals surface area contributed by atoms with Crippen LogP contribution in [0, 0.1) is 0 Å². The molecule has 0 aliphatic rings. The number of halogens is 4. The van der Waals surface area contributed by atoms with Crippen molar-refractivity contribution in [3.05, 3.63) is 46.6 Å². The van der Waals surface area contributed by atoms with E-state index < -0.39 is 11.7 Å². The van der Waals surface area contributed by atoms with Gasteiger partial charge in [0.1, 0.15) is 0 Å². The van der Waals surface area contributed by atoms with E-state index in [-0.39, 0.29) is 0 Å². The lowest BCUT2D eigenvalue weighted by atomic mass is 10.2. The summed E-state index contributed by atoms with van der Waals surface area (Å²) in [6.45, 7) is 0. The second-order valence-corrected chi connectivity index (χ2v) is 5.26. The SMILES string of the molecule is Nc1cc(-c2nnc3ccc(C(F)(F)F)cn23)ccc1Br. The minimum absolute atomic E-state index is 0.301. The molecule has 0 unspecified atom stereocenters. The zero-order valence-electron chi connectivity index (χ0n) is 10.4. The fourth-order valence-electron chi connectivity index (χ4n) is 1.94. The van der Waals surface area contributed by atoms with E-state index >= 15 is 0 Å². The van der Waals surface area contributed by atoms with Gasteiger partial charge in [0, 0.05) is 21.9 Å². The molecule has 4 nitrogen and oxygen atoms in total. The largest absolute Gasteiger partial charge is 0.417 e. The Morgan fingerprint density at radius 1 is 1.10 bits per heavy atom. The maximum Gasteiger partial charge on any atom is 0.417 e. The Hall–Kier alpha value is -2.09. The summed E-state index contributed by atoms with van der Waals surface area (Å²) < 4.78 is 40.4. The van der Waals surface area contributed by atoms with Gasteiger partial charge < -0.3 is 5.73 Å². The van der Waals surface area contributed by atoms with Crippen LogP contribution in [0.15, 0.2) is 41.0 Å². The smallest absolute Gasteiger partial charge is 0.398 e. The lowest BCUT2D eigenvalue weighted by Crippen LogP contribution is -2.06. The van der Waals surface area contributed by atoms with Gasteiger partial charge in [-0.05, 0) is 46.3 Å². The van der Waals surface area contributed by atoms with Gasteiger partial charge in [-0.15, -0.1) is 10.2 Å². The van der Waals surface area contributed by atoms with Crippen molar-refractivity contribution in [1.82, 2.24) is 14.6 Å². The minimum atomic E-state index is -4.42. The molecule has 0 saturated heterocycles. The first-order chi connectivity index (χ1) is 9.86. The summed E-state index contributed by atoms with van der Waals surface area (Å²) in [6.07, 6.45) is -3.45. The number of nitrogen functional groups attached to an aromatic ring is 1. The van der Waals surface area contributed by atoms with Crippen molar-refractivity contribution in [2.45, 2.75) is 6.18 Å². The van der Waals surface area contributed by atoms with Gasteiger partial charge in [0.2, 0.25) is 0 Å². The van der Waals surface area contributed by atoms with Gasteiger partial charge >= 0.3 is 6.18 Å². The molecule has 2 N–H and O–H groups in total. The van der Waals surface area contributed by atoms with Crippen molar-refractivity contribution in [2.75, 3.05) is 5.73 Å². The van der Waals surface area contributed by atoms with Crippen LogP contribution in [0.5, 0.6) is 0 Å². The quantitative estimate of drug-likeness (QED) is 0.675. The van der Waals surface area contributed by atoms with E-state index in [2.05, 4.69) is 26.1 Å². The maximum atomic E-state index is 12.8. The molecule has 0 saturated carbocycles. The van der Waals surface area contributed by atoms with Crippen molar-refractivity contribution in [1.29, 1.82) is 0 Å². The Kier molecular flexibility index (Phi) is 3.12. The molecular weight excluding hydrogens is 349 g/mol. The van der Waals surface area contributed by atoms with Gasteiger partial charge in [0.05, 0.1) is 5.56 Å². The number of hydrogen-bond donors (Lipinski definition) is 1. The molecule has 0 atom stereocenters. The number of anilines is 1. The van der Waals surface area contributed by atoms with Gasteiger partial charge in [-0.25, -0.2) is 0 Å². The molecule has 0 aliphatic heterocycles. The number of rotatable bonds is 1. The molecule has 1 aromatic carbocycles. The van der Waals surface area contributed by atoms with Gasteiger partial charge in [0.25, 0.3) is 0 Å². The normalized spacial score (nSPS) is 12.0. The third-order valence-corrected chi connectivity index (χ3v) is 3.71. The van der Waals surface area contributed by atoms with Crippen LogP contribution in [-0.4, -0.2) is 14.6 Å². The Morgan fingerprint density at radius 2 is 1.86 bits per heavy atom. The van der Waals surface area contributed by atoms with E-state index in [1.165, 1.54) is 10.5 Å². The van der Waals surface area contributed by atoms with Crippen LogP contribution < -0.4 is 5.73 Å². The third kappa shape index (κ3) is 2.46. The standard InChI is InChI=1S/C13H8BrF3N4/c14-9-3-1-7(5-10(9)18)12-20-19-11-4-2-8(6-21(11)12)13(15,16)17/h1-6H,18H2. The molecule has 108 valence electrons. The summed E-state index contributed by atoms with van der Waals surface area (Å²) in [6, 6.07) is 7.29. The lowest BCUT2D eigenvalue weighted by molar-refractivity contribution is -0.137. The molecule has 3 aromatic rings. The van der Waals surface area contributed by atoms with Gasteiger partial charge in [-0.2, -0.15) is 13.2 Å². The average Bonchev–Trinajstić information content (AvgIpc) is 2.84. The second kappa shape index (κ2) is 4.73. The zero-order chi connectivity index (χ0) is 15.2. The van der Waals surface area contributed by atoms with E-state index in [0.29, 0.717) is 27.2 Å². The highest BCUT2D eigenvalue weighted by molar-refractivity contribution is 9.10. The number of nitrogens with two attached hydrogens (primary N) is 1. The fraction of sp³-hybridized carbons (Fsp3) is 0.0769. The summed E-state index contributed by atoms with van der Waals surface area (Å²) in [4.78, 5) is 0. The summed E-state index contributed by atoms with van der Waals surface area (Å²) in [7, 11) is 0. The highest BCUT2D eigenvalue weighted by atomic mass is 79.9. The maximum absolute atomic E-state index is 12.8. The van der Waals surface area contributed by atoms with Crippen LogP contribution >= 0.6 is 15.9 Å². The molecule has 2 aromatic heterocycles. The van der Waals surface area contributed by atoms with E-state index in [1.807, 2.05) is 0 Å². The van der Waals surface area contributed by atoms with Crippen LogP contribution in [0.3, 0.4) is 0 Å². The monoisotopic (exact) mass is 356 g/mol. The number of pyridine rings is 1. The number of nitrogens with zero attached hydrogens (tertiary/aromatic N) is 3. The first-order valence-electron chi connectivity index (χ1n) is 5.83. The zero-order valence-corrected chi connectivity index (χ0v) is 12.0. The van der Waals surface area contributed by atoms with Crippen molar-refractivity contribution in [2.24, 2.45) is 0 Å². The second-order valence-electron chi connectivity index (χ2n) is 4.40. The Balaban J connectivity index is 2.20. The van der Waals surface area contributed by atoms with Gasteiger partial charge in [-0.1, -0.05) is 0 Å². The van der Waals surface area contributed by atoms with Crippen LogP contribution in [0.4, 0.5) is 18.9 Å². The minimum Gasteiger partial charge on any atom is -0.398 e. The predicted octanol–water partition coefficient (Wildman–Crippen LogP) is 3.76. The Morgan fingerprint density at radius 3 is 2.52 bits per heavy atom. The number of fused-ring (bicyclic) bond motifs is 1. The van der Waals surface area contributed by atoms with Crippen molar-refractivity contribution < 1.29 is 13.2 Å². The van der Waals surface area contributed by atoms with Crippen molar-refractivity contribution in [3.63, 3.8) is 0 Å². The molecule has 0 fully saturated rings. The molecule has 0 radical (unpaired) electrons. The molecule has 21 heavy (non-hydrogen) atoms. The van der Waals surface area contributed by atoms with Crippen molar-refractivity contribution in [3.8, 4) is 11.4 Å². The molecule has 2 heterocycles.